The molecule has 1 unspecified atom stereocenters. The van der Waals surface area contributed by atoms with Gasteiger partial charge in [0.1, 0.15) is 3.74 Å². The van der Waals surface area contributed by atoms with E-state index in [2.05, 4.69) is 31.9 Å². The highest BCUT2D eigenvalue weighted by Gasteiger charge is 2.14. The van der Waals surface area contributed by atoms with Crippen molar-refractivity contribution in [2.45, 2.75) is 3.74 Å². The molecular formula is C2H4Br2O2P+. The van der Waals surface area contributed by atoms with E-state index >= 15 is 0 Å². The molecule has 1 atom stereocenters. The second-order valence-corrected chi connectivity index (χ2v) is 5.43. The fraction of sp³-hybridized carbons (Fsp3) is 1.00. The summed E-state index contributed by atoms with van der Waals surface area (Å²) in [4.78, 5) is 8.17. The monoisotopic (exact) mass is 249 g/mol. The molecule has 0 saturated carbocycles. The molecule has 2 nitrogen and oxygen atoms in total. The normalized spacial score (nSPS) is 12.3. The third kappa shape index (κ3) is 7.02. The molecular weight excluding hydrogens is 247 g/mol. The summed E-state index contributed by atoms with van der Waals surface area (Å²) in [5, 5.41) is 0. The van der Waals surface area contributed by atoms with Gasteiger partial charge in [-0.2, -0.15) is 4.89 Å². The Labute approximate surface area is 59.4 Å². The predicted molar refractivity (Wildman–Crippen MR) is 36.3 cm³/mol. The summed E-state index contributed by atoms with van der Waals surface area (Å²) >= 11 is 6.10. The third-order valence-corrected chi connectivity index (χ3v) is 2.62. The van der Waals surface area contributed by atoms with Crippen LogP contribution in [0.2, 0.25) is 0 Å². The Morgan fingerprint density at radius 3 is 2.14 bits per heavy atom. The summed E-state index contributed by atoms with van der Waals surface area (Å²) in [6, 6.07) is 0. The van der Waals surface area contributed by atoms with Crippen LogP contribution in [-0.4, -0.2) is 14.8 Å². The van der Waals surface area contributed by atoms with E-state index in [-0.39, 0.29) is 9.90 Å². The van der Waals surface area contributed by atoms with E-state index in [1.165, 1.54) is 0 Å². The molecule has 5 heteroatoms. The first-order valence-electron chi connectivity index (χ1n) is 1.54. The maximum absolute atomic E-state index is 9.90. The van der Waals surface area contributed by atoms with E-state index in [1.54, 1.807) is 0 Å². The lowest BCUT2D eigenvalue weighted by Crippen LogP contribution is -1.86. The fourth-order valence-electron chi connectivity index (χ4n) is 0.118. The molecule has 0 aliphatic heterocycles. The largest absolute Gasteiger partial charge is 0.507 e. The van der Waals surface area contributed by atoms with Crippen molar-refractivity contribution >= 4 is 39.9 Å². The van der Waals surface area contributed by atoms with Gasteiger partial charge in [0.15, 0.2) is 6.16 Å². The van der Waals surface area contributed by atoms with Crippen molar-refractivity contribution in [2.24, 2.45) is 0 Å². The molecule has 1 N–H and O–H groups in total. The maximum atomic E-state index is 9.90. The average Bonchev–Trinajstić information content (AvgIpc) is 1.27. The summed E-state index contributed by atoms with van der Waals surface area (Å²) in [6.45, 7) is 0. The highest BCUT2D eigenvalue weighted by molar-refractivity contribution is 9.24. The third-order valence-electron chi connectivity index (χ3n) is 0.294. The van der Waals surface area contributed by atoms with Gasteiger partial charge in [0.2, 0.25) is 0 Å². The average molecular weight is 251 g/mol. The van der Waals surface area contributed by atoms with Crippen molar-refractivity contribution in [3.05, 3.63) is 0 Å². The van der Waals surface area contributed by atoms with Gasteiger partial charge in [0.05, 0.1) is 0 Å². The topological polar surface area (TPSA) is 37.3 Å². The highest BCUT2D eigenvalue weighted by Crippen LogP contribution is 2.21. The van der Waals surface area contributed by atoms with E-state index < -0.39 is 8.03 Å². The van der Waals surface area contributed by atoms with Crippen LogP contribution in [0.25, 0.3) is 0 Å². The Balaban J connectivity index is 3.13. The van der Waals surface area contributed by atoms with Gasteiger partial charge >= 0.3 is 8.03 Å². The van der Waals surface area contributed by atoms with Crippen LogP contribution in [0.5, 0.6) is 0 Å². The molecule has 0 rings (SSSR count). The second kappa shape index (κ2) is 3.96. The smallest absolute Gasteiger partial charge is 0.161 e. The molecule has 0 radical (unpaired) electrons. The van der Waals surface area contributed by atoms with Gasteiger partial charge in [-0.05, 0) is 4.57 Å². The zero-order chi connectivity index (χ0) is 5.86. The molecule has 0 fully saturated rings. The van der Waals surface area contributed by atoms with Crippen molar-refractivity contribution in [1.29, 1.82) is 0 Å². The summed E-state index contributed by atoms with van der Waals surface area (Å²) in [7, 11) is -1.98. The van der Waals surface area contributed by atoms with Gasteiger partial charge in [-0.3, -0.25) is 0 Å². The molecule has 0 amide bonds. The standard InChI is InChI=1S/C2H3Br2O2P/c3-2(4)1-7(5)6/h2H,1H2/p+1. The van der Waals surface area contributed by atoms with Gasteiger partial charge in [0.25, 0.3) is 0 Å². The van der Waals surface area contributed by atoms with Crippen LogP contribution in [0.4, 0.5) is 0 Å². The minimum atomic E-state index is -1.98. The first-order valence-corrected chi connectivity index (χ1v) is 4.77. The van der Waals surface area contributed by atoms with E-state index in [0.717, 1.165) is 0 Å². The SMILES string of the molecule is O=[P+](O)CC(Br)Br. The van der Waals surface area contributed by atoms with E-state index in [4.69, 9.17) is 4.89 Å². The summed E-state index contributed by atoms with van der Waals surface area (Å²) in [5.74, 6) is 0. The summed E-state index contributed by atoms with van der Waals surface area (Å²) in [5.41, 5.74) is 0. The fourth-order valence-corrected chi connectivity index (χ4v) is 1.84. The Morgan fingerprint density at radius 1 is 1.71 bits per heavy atom. The van der Waals surface area contributed by atoms with Gasteiger partial charge in [-0.15, -0.1) is 0 Å². The molecule has 0 spiro atoms. The van der Waals surface area contributed by atoms with Crippen LogP contribution in [0, 0.1) is 0 Å². The molecule has 0 aliphatic rings. The van der Waals surface area contributed by atoms with Crippen LogP contribution in [0.3, 0.4) is 0 Å². The minimum Gasteiger partial charge on any atom is -0.161 e. The number of alkyl halides is 2. The Kier molecular flexibility index (Phi) is 4.53. The number of hydrogen-bond acceptors (Lipinski definition) is 1. The van der Waals surface area contributed by atoms with Crippen LogP contribution in [0.15, 0.2) is 0 Å². The molecule has 0 aromatic carbocycles. The lowest BCUT2D eigenvalue weighted by atomic mass is 11.0. The number of hydrogen-bond donors (Lipinski definition) is 1. The highest BCUT2D eigenvalue weighted by atomic mass is 79.9. The van der Waals surface area contributed by atoms with Gasteiger partial charge < -0.3 is 0 Å². The maximum Gasteiger partial charge on any atom is 0.507 e. The van der Waals surface area contributed by atoms with E-state index in [1.807, 2.05) is 0 Å². The predicted octanol–water partition coefficient (Wildman–Crippen LogP) is 1.84. The molecule has 7 heavy (non-hydrogen) atoms. The zero-order valence-corrected chi connectivity index (χ0v) is 7.41. The van der Waals surface area contributed by atoms with Crippen molar-refractivity contribution in [3.8, 4) is 0 Å². The lowest BCUT2D eigenvalue weighted by Gasteiger charge is -1.80. The molecule has 0 heterocycles. The number of halogens is 2. The van der Waals surface area contributed by atoms with Gasteiger partial charge in [0, 0.05) is 0 Å². The van der Waals surface area contributed by atoms with Crippen molar-refractivity contribution < 1.29 is 9.46 Å². The Morgan fingerprint density at radius 2 is 2.14 bits per heavy atom. The van der Waals surface area contributed by atoms with Crippen LogP contribution in [0.1, 0.15) is 0 Å². The van der Waals surface area contributed by atoms with E-state index in [9.17, 15) is 4.57 Å². The zero-order valence-electron chi connectivity index (χ0n) is 3.34. The summed E-state index contributed by atoms with van der Waals surface area (Å²) < 4.78 is 9.86. The van der Waals surface area contributed by atoms with Crippen LogP contribution >= 0.6 is 39.9 Å². The molecule has 0 bridgehead atoms. The van der Waals surface area contributed by atoms with Gasteiger partial charge in [-0.25, -0.2) is 0 Å². The first-order chi connectivity index (χ1) is 3.13. The molecule has 0 saturated heterocycles. The Bertz CT molecular complexity index is 74.1. The van der Waals surface area contributed by atoms with Gasteiger partial charge in [-0.1, -0.05) is 31.9 Å². The molecule has 0 aromatic heterocycles. The number of rotatable bonds is 2. The van der Waals surface area contributed by atoms with Crippen molar-refractivity contribution in [2.75, 3.05) is 6.16 Å². The van der Waals surface area contributed by atoms with E-state index in [0.29, 0.717) is 0 Å². The first kappa shape index (κ1) is 8.02. The lowest BCUT2D eigenvalue weighted by molar-refractivity contribution is 0.504. The van der Waals surface area contributed by atoms with Crippen molar-refractivity contribution in [1.82, 2.24) is 0 Å². The van der Waals surface area contributed by atoms with Crippen LogP contribution in [-0.2, 0) is 4.57 Å². The summed E-state index contributed by atoms with van der Waals surface area (Å²) in [6.07, 6.45) is 0.259. The minimum absolute atomic E-state index is 0.0337. The molecule has 0 aromatic rings. The van der Waals surface area contributed by atoms with Crippen LogP contribution < -0.4 is 0 Å². The Hall–Kier alpha value is 1.02. The second-order valence-electron chi connectivity index (χ2n) is 0.926. The quantitative estimate of drug-likeness (QED) is 0.600. The molecule has 0 aliphatic carbocycles. The van der Waals surface area contributed by atoms with Crippen molar-refractivity contribution in [3.63, 3.8) is 0 Å². The molecule has 42 valence electrons.